The molecule has 90 valence electrons. The molecule has 0 aliphatic rings. The minimum atomic E-state index is 0.297. The molecular weight excluding hydrogens is 236 g/mol. The molecule has 0 radical (unpaired) electrons. The van der Waals surface area contributed by atoms with Gasteiger partial charge in [-0.15, -0.1) is 0 Å². The van der Waals surface area contributed by atoms with E-state index in [1.165, 1.54) is 0 Å². The highest BCUT2D eigenvalue weighted by atomic mass is 35.5. The van der Waals surface area contributed by atoms with Crippen molar-refractivity contribution in [2.24, 2.45) is 0 Å². The van der Waals surface area contributed by atoms with E-state index in [0.29, 0.717) is 11.1 Å². The van der Waals surface area contributed by atoms with Gasteiger partial charge in [-0.05, 0) is 25.6 Å². The first kappa shape index (κ1) is 12.1. The second-order valence-corrected chi connectivity index (χ2v) is 4.23. The molecular formula is C12H15ClN4. The van der Waals surface area contributed by atoms with Crippen LogP contribution in [0.1, 0.15) is 25.1 Å². The van der Waals surface area contributed by atoms with E-state index >= 15 is 0 Å². The van der Waals surface area contributed by atoms with Crippen LogP contribution in [-0.4, -0.2) is 21.8 Å². The Morgan fingerprint density at radius 2 is 2.24 bits per heavy atom. The molecule has 0 fully saturated rings. The molecule has 0 aliphatic carbocycles. The highest BCUT2D eigenvalue weighted by Crippen LogP contribution is 2.16. The maximum absolute atomic E-state index is 5.82. The third kappa shape index (κ3) is 2.65. The molecule has 2 heterocycles. The summed E-state index contributed by atoms with van der Waals surface area (Å²) in [6.07, 6.45) is 6.18. The number of aromatic nitrogens is 3. The normalized spacial score (nSPS) is 12.6. The van der Waals surface area contributed by atoms with E-state index < -0.39 is 0 Å². The average molecular weight is 251 g/mol. The molecule has 0 saturated heterocycles. The number of halogens is 1. The first-order valence-electron chi connectivity index (χ1n) is 5.58. The molecule has 1 N–H and O–H groups in total. The van der Waals surface area contributed by atoms with Crippen LogP contribution in [0.2, 0.25) is 5.02 Å². The predicted molar refractivity (Wildman–Crippen MR) is 68.5 cm³/mol. The Morgan fingerprint density at radius 1 is 1.41 bits per heavy atom. The van der Waals surface area contributed by atoms with Gasteiger partial charge in [0, 0.05) is 12.2 Å². The zero-order valence-electron chi connectivity index (χ0n) is 9.89. The summed E-state index contributed by atoms with van der Waals surface area (Å²) in [4.78, 5) is 4.44. The fourth-order valence-electron chi connectivity index (χ4n) is 1.74. The molecule has 0 amide bonds. The van der Waals surface area contributed by atoms with Crippen LogP contribution in [-0.2, 0) is 0 Å². The van der Waals surface area contributed by atoms with Crippen molar-refractivity contribution in [3.63, 3.8) is 0 Å². The van der Waals surface area contributed by atoms with Gasteiger partial charge in [0.2, 0.25) is 0 Å². The molecule has 0 bridgehead atoms. The fourth-order valence-corrected chi connectivity index (χ4v) is 1.88. The van der Waals surface area contributed by atoms with Crippen molar-refractivity contribution in [2.45, 2.75) is 19.4 Å². The molecule has 0 aliphatic heterocycles. The van der Waals surface area contributed by atoms with Crippen molar-refractivity contribution in [3.05, 3.63) is 41.4 Å². The van der Waals surface area contributed by atoms with Crippen LogP contribution >= 0.6 is 11.6 Å². The molecule has 2 rings (SSSR count). The zero-order chi connectivity index (χ0) is 12.3. The third-order valence-corrected chi connectivity index (χ3v) is 2.90. The lowest BCUT2D eigenvalue weighted by Crippen LogP contribution is -2.16. The topological polar surface area (TPSA) is 42.7 Å². The van der Waals surface area contributed by atoms with Gasteiger partial charge in [0.1, 0.15) is 0 Å². The minimum Gasteiger partial charge on any atom is -0.312 e. The molecule has 0 saturated carbocycles. The van der Waals surface area contributed by atoms with Crippen LogP contribution in [0.3, 0.4) is 0 Å². The van der Waals surface area contributed by atoms with Gasteiger partial charge in [-0.1, -0.05) is 18.5 Å². The fraction of sp³-hybridized carbons (Fsp3) is 0.333. The summed E-state index contributed by atoms with van der Waals surface area (Å²) >= 11 is 5.82. The molecule has 1 atom stereocenters. The summed E-state index contributed by atoms with van der Waals surface area (Å²) in [5.41, 5.74) is 1.95. The van der Waals surface area contributed by atoms with Crippen LogP contribution < -0.4 is 5.32 Å². The monoisotopic (exact) mass is 250 g/mol. The molecule has 2 aromatic heterocycles. The molecule has 0 aromatic carbocycles. The van der Waals surface area contributed by atoms with Crippen molar-refractivity contribution in [3.8, 4) is 5.69 Å². The number of nitrogens with zero attached hydrogens (tertiary/aromatic N) is 3. The summed E-state index contributed by atoms with van der Waals surface area (Å²) in [6, 6.07) is 4.30. The lowest BCUT2D eigenvalue weighted by atomic mass is 10.1. The molecule has 17 heavy (non-hydrogen) atoms. The quantitative estimate of drug-likeness (QED) is 0.907. The van der Waals surface area contributed by atoms with E-state index in [9.17, 15) is 0 Å². The second-order valence-electron chi connectivity index (χ2n) is 3.79. The van der Waals surface area contributed by atoms with E-state index in [-0.39, 0.29) is 0 Å². The molecule has 2 aromatic rings. The summed E-state index contributed by atoms with van der Waals surface area (Å²) in [6.45, 7) is 2.13. The Kier molecular flexibility index (Phi) is 3.76. The Bertz CT molecular complexity index is 474. The maximum atomic E-state index is 5.82. The number of nitrogens with one attached hydrogen (secondary N) is 1. The minimum absolute atomic E-state index is 0.297. The van der Waals surface area contributed by atoms with E-state index in [1.807, 2.05) is 19.2 Å². The van der Waals surface area contributed by atoms with Crippen LogP contribution in [0.4, 0.5) is 0 Å². The maximum Gasteiger partial charge on any atom is 0.0829 e. The van der Waals surface area contributed by atoms with Crippen LogP contribution in [0.25, 0.3) is 5.69 Å². The number of rotatable bonds is 4. The van der Waals surface area contributed by atoms with Gasteiger partial charge in [0.05, 0.1) is 28.8 Å². The molecule has 5 heteroatoms. The van der Waals surface area contributed by atoms with E-state index in [1.54, 1.807) is 23.3 Å². The van der Waals surface area contributed by atoms with E-state index in [0.717, 1.165) is 17.8 Å². The van der Waals surface area contributed by atoms with Gasteiger partial charge in [0.15, 0.2) is 0 Å². The Hall–Kier alpha value is -1.39. The smallest absolute Gasteiger partial charge is 0.0829 e. The van der Waals surface area contributed by atoms with Crippen molar-refractivity contribution < 1.29 is 0 Å². The summed E-state index contributed by atoms with van der Waals surface area (Å²) in [5, 5.41) is 7.98. The van der Waals surface area contributed by atoms with Gasteiger partial charge in [-0.25, -0.2) is 4.68 Å². The SMILES string of the molecule is CCC(NC)c1ccc(-n2cc(Cl)cn2)cn1. The van der Waals surface area contributed by atoms with Gasteiger partial charge < -0.3 is 5.32 Å². The van der Waals surface area contributed by atoms with Crippen LogP contribution in [0.15, 0.2) is 30.7 Å². The lowest BCUT2D eigenvalue weighted by molar-refractivity contribution is 0.561. The Labute approximate surface area is 106 Å². The third-order valence-electron chi connectivity index (χ3n) is 2.70. The first-order chi connectivity index (χ1) is 8.24. The van der Waals surface area contributed by atoms with Gasteiger partial charge in [0.25, 0.3) is 0 Å². The predicted octanol–water partition coefficient (Wildman–Crippen LogP) is 2.59. The first-order valence-corrected chi connectivity index (χ1v) is 5.96. The van der Waals surface area contributed by atoms with Crippen molar-refractivity contribution in [1.82, 2.24) is 20.1 Å². The zero-order valence-corrected chi connectivity index (χ0v) is 10.6. The Balaban J connectivity index is 2.23. The van der Waals surface area contributed by atoms with E-state index in [2.05, 4.69) is 22.3 Å². The van der Waals surface area contributed by atoms with Gasteiger partial charge in [-0.2, -0.15) is 5.10 Å². The highest BCUT2D eigenvalue weighted by molar-refractivity contribution is 6.30. The number of hydrogen-bond donors (Lipinski definition) is 1. The summed E-state index contributed by atoms with van der Waals surface area (Å²) in [5.74, 6) is 0. The molecule has 0 spiro atoms. The molecule has 1 unspecified atom stereocenters. The largest absolute Gasteiger partial charge is 0.312 e. The van der Waals surface area contributed by atoms with Gasteiger partial charge >= 0.3 is 0 Å². The number of pyridine rings is 1. The van der Waals surface area contributed by atoms with Crippen molar-refractivity contribution in [2.75, 3.05) is 7.05 Å². The highest BCUT2D eigenvalue weighted by Gasteiger charge is 2.08. The van der Waals surface area contributed by atoms with Crippen LogP contribution in [0, 0.1) is 0 Å². The van der Waals surface area contributed by atoms with Crippen molar-refractivity contribution >= 4 is 11.6 Å². The lowest BCUT2D eigenvalue weighted by Gasteiger charge is -2.13. The van der Waals surface area contributed by atoms with Crippen molar-refractivity contribution in [1.29, 1.82) is 0 Å². The summed E-state index contributed by atoms with van der Waals surface area (Å²) < 4.78 is 1.71. The summed E-state index contributed by atoms with van der Waals surface area (Å²) in [7, 11) is 1.94. The second kappa shape index (κ2) is 5.29. The average Bonchev–Trinajstić information content (AvgIpc) is 2.78. The van der Waals surface area contributed by atoms with Gasteiger partial charge in [-0.3, -0.25) is 4.98 Å². The molecule has 4 nitrogen and oxygen atoms in total. The van der Waals surface area contributed by atoms with E-state index in [4.69, 9.17) is 11.6 Å². The Morgan fingerprint density at radius 3 is 2.71 bits per heavy atom. The standard InChI is InChI=1S/C12H15ClN4/c1-3-11(14-2)12-5-4-10(7-15-12)17-8-9(13)6-16-17/h4-8,11,14H,3H2,1-2H3. The number of hydrogen-bond acceptors (Lipinski definition) is 3. The van der Waals surface area contributed by atoms with Crippen LogP contribution in [0.5, 0.6) is 0 Å².